The number of nitro groups is 1. The molecule has 0 spiro atoms. The molecule has 0 saturated carbocycles. The molecular weight excluding hydrogens is 348 g/mol. The number of nitrogens with zero attached hydrogens (tertiary/aromatic N) is 1. The minimum absolute atomic E-state index is 0.0483. The first kappa shape index (κ1) is 14.8. The second-order valence-corrected chi connectivity index (χ2v) is 5.19. The molecule has 0 aliphatic carbocycles. The van der Waals surface area contributed by atoms with Crippen molar-refractivity contribution in [2.75, 3.05) is 0 Å². The van der Waals surface area contributed by atoms with E-state index in [1.54, 1.807) is 24.3 Å². The molecule has 0 saturated heterocycles. The summed E-state index contributed by atoms with van der Waals surface area (Å²) < 4.78 is 6.22. The van der Waals surface area contributed by atoms with Gasteiger partial charge in [0.25, 0.3) is 5.69 Å². The lowest BCUT2D eigenvalue weighted by molar-refractivity contribution is -0.384. The zero-order valence-electron chi connectivity index (χ0n) is 10.2. The van der Waals surface area contributed by atoms with Crippen LogP contribution in [0.2, 0.25) is 5.02 Å². The van der Waals surface area contributed by atoms with Crippen LogP contribution >= 0.6 is 27.5 Å². The van der Waals surface area contributed by atoms with E-state index in [4.69, 9.17) is 22.1 Å². The maximum atomic E-state index is 10.8. The van der Waals surface area contributed by atoms with Crippen molar-refractivity contribution in [3.8, 4) is 11.5 Å². The molecule has 0 amide bonds. The second kappa shape index (κ2) is 6.21. The fraction of sp³-hybridized carbons (Fsp3) is 0.0769. The Hall–Kier alpha value is -1.63. The maximum Gasteiger partial charge on any atom is 0.273 e. The van der Waals surface area contributed by atoms with Crippen LogP contribution in [0.15, 0.2) is 40.9 Å². The highest BCUT2D eigenvalue weighted by Gasteiger charge is 2.12. The zero-order valence-corrected chi connectivity index (χ0v) is 12.5. The van der Waals surface area contributed by atoms with E-state index < -0.39 is 4.92 Å². The Labute approximate surface area is 128 Å². The summed E-state index contributed by atoms with van der Waals surface area (Å²) in [5.41, 5.74) is 6.28. The minimum atomic E-state index is -0.482. The third kappa shape index (κ3) is 3.27. The quantitative estimate of drug-likeness (QED) is 0.655. The first-order chi connectivity index (χ1) is 9.51. The molecule has 2 aromatic carbocycles. The van der Waals surface area contributed by atoms with Crippen molar-refractivity contribution < 1.29 is 9.66 Å². The summed E-state index contributed by atoms with van der Waals surface area (Å²) in [7, 11) is 0. The molecule has 0 radical (unpaired) electrons. The number of non-ortho nitro benzene ring substituents is 1. The smallest absolute Gasteiger partial charge is 0.273 e. The Balaban J connectivity index is 2.32. The number of benzene rings is 2. The van der Waals surface area contributed by atoms with E-state index in [1.807, 2.05) is 0 Å². The molecule has 0 atom stereocenters. The van der Waals surface area contributed by atoms with Gasteiger partial charge < -0.3 is 10.5 Å². The average molecular weight is 358 g/mol. The van der Waals surface area contributed by atoms with Crippen molar-refractivity contribution in [2.24, 2.45) is 5.73 Å². The fourth-order valence-electron chi connectivity index (χ4n) is 1.57. The topological polar surface area (TPSA) is 78.4 Å². The maximum absolute atomic E-state index is 10.8. The Morgan fingerprint density at radius 1 is 1.30 bits per heavy atom. The van der Waals surface area contributed by atoms with E-state index in [1.165, 1.54) is 12.1 Å². The number of rotatable bonds is 4. The number of hydrogen-bond donors (Lipinski definition) is 1. The first-order valence-electron chi connectivity index (χ1n) is 5.61. The van der Waals surface area contributed by atoms with Gasteiger partial charge in [-0.2, -0.15) is 0 Å². The molecule has 0 unspecified atom stereocenters. The van der Waals surface area contributed by atoms with E-state index in [0.29, 0.717) is 27.5 Å². The van der Waals surface area contributed by atoms with Crippen LogP contribution in [0.5, 0.6) is 11.5 Å². The zero-order chi connectivity index (χ0) is 14.7. The molecule has 2 rings (SSSR count). The standard InChI is InChI=1S/C13H10BrClN2O3/c14-11-4-2-9(17(18)19)5-13(11)20-10-3-1-8(7-16)12(15)6-10/h1-6H,7,16H2. The van der Waals surface area contributed by atoms with E-state index in [0.717, 1.165) is 5.56 Å². The summed E-state index contributed by atoms with van der Waals surface area (Å²) in [6.45, 7) is 0.333. The van der Waals surface area contributed by atoms with Gasteiger partial charge in [-0.05, 0) is 39.7 Å². The van der Waals surface area contributed by atoms with Crippen LogP contribution in [-0.4, -0.2) is 4.92 Å². The average Bonchev–Trinajstić information content (AvgIpc) is 2.41. The molecule has 0 fully saturated rings. The number of halogens is 2. The van der Waals surface area contributed by atoms with Crippen LogP contribution in [0.1, 0.15) is 5.56 Å². The fourth-order valence-corrected chi connectivity index (χ4v) is 2.14. The van der Waals surface area contributed by atoms with Gasteiger partial charge in [0, 0.05) is 17.6 Å². The van der Waals surface area contributed by atoms with Gasteiger partial charge >= 0.3 is 0 Å². The lowest BCUT2D eigenvalue weighted by atomic mass is 10.2. The van der Waals surface area contributed by atoms with Crippen LogP contribution in [0.25, 0.3) is 0 Å². The van der Waals surface area contributed by atoms with Crippen LogP contribution < -0.4 is 10.5 Å². The lowest BCUT2D eigenvalue weighted by Gasteiger charge is -2.09. The van der Waals surface area contributed by atoms with Crippen molar-refractivity contribution in [2.45, 2.75) is 6.54 Å². The van der Waals surface area contributed by atoms with Gasteiger partial charge in [0.2, 0.25) is 0 Å². The lowest BCUT2D eigenvalue weighted by Crippen LogP contribution is -1.97. The Morgan fingerprint density at radius 3 is 2.65 bits per heavy atom. The third-order valence-corrected chi connectivity index (χ3v) is 3.60. The van der Waals surface area contributed by atoms with E-state index in [2.05, 4.69) is 15.9 Å². The SMILES string of the molecule is NCc1ccc(Oc2cc([N+](=O)[O-])ccc2Br)cc1Cl. The van der Waals surface area contributed by atoms with Gasteiger partial charge in [-0.1, -0.05) is 17.7 Å². The molecule has 5 nitrogen and oxygen atoms in total. The highest BCUT2D eigenvalue weighted by Crippen LogP contribution is 2.34. The number of hydrogen-bond acceptors (Lipinski definition) is 4. The summed E-state index contributed by atoms with van der Waals surface area (Å²) in [5, 5.41) is 11.2. The third-order valence-electron chi connectivity index (χ3n) is 2.60. The van der Waals surface area contributed by atoms with Gasteiger partial charge in [0.15, 0.2) is 0 Å². The molecular formula is C13H10BrClN2O3. The molecule has 0 heterocycles. The van der Waals surface area contributed by atoms with Gasteiger partial charge in [-0.15, -0.1) is 0 Å². The summed E-state index contributed by atoms with van der Waals surface area (Å²) >= 11 is 9.32. The largest absolute Gasteiger partial charge is 0.456 e. The van der Waals surface area contributed by atoms with Crippen molar-refractivity contribution in [3.05, 3.63) is 61.6 Å². The molecule has 0 aromatic heterocycles. The van der Waals surface area contributed by atoms with Gasteiger partial charge in [-0.3, -0.25) is 10.1 Å². The first-order valence-corrected chi connectivity index (χ1v) is 6.78. The van der Waals surface area contributed by atoms with Gasteiger partial charge in [0.05, 0.1) is 15.5 Å². The predicted octanol–water partition coefficient (Wildman–Crippen LogP) is 4.26. The van der Waals surface area contributed by atoms with Crippen LogP contribution in [0.4, 0.5) is 5.69 Å². The number of ether oxygens (including phenoxy) is 1. The van der Waals surface area contributed by atoms with E-state index in [-0.39, 0.29) is 5.69 Å². The van der Waals surface area contributed by atoms with E-state index >= 15 is 0 Å². The molecule has 2 aromatic rings. The Kier molecular flexibility index (Phi) is 4.59. The summed E-state index contributed by atoms with van der Waals surface area (Å²) in [4.78, 5) is 10.3. The van der Waals surface area contributed by atoms with Crippen molar-refractivity contribution in [3.63, 3.8) is 0 Å². The van der Waals surface area contributed by atoms with Crippen molar-refractivity contribution >= 4 is 33.2 Å². The molecule has 0 bridgehead atoms. The van der Waals surface area contributed by atoms with Crippen LogP contribution in [0, 0.1) is 10.1 Å². The van der Waals surface area contributed by atoms with Gasteiger partial charge in [-0.25, -0.2) is 0 Å². The molecule has 0 aliphatic rings. The highest BCUT2D eigenvalue weighted by atomic mass is 79.9. The van der Waals surface area contributed by atoms with E-state index in [9.17, 15) is 10.1 Å². The molecule has 0 aliphatic heterocycles. The Morgan fingerprint density at radius 2 is 2.05 bits per heavy atom. The highest BCUT2D eigenvalue weighted by molar-refractivity contribution is 9.10. The number of nitro benzene ring substituents is 1. The predicted molar refractivity (Wildman–Crippen MR) is 80.2 cm³/mol. The monoisotopic (exact) mass is 356 g/mol. The summed E-state index contributed by atoms with van der Waals surface area (Å²) in [5.74, 6) is 0.823. The van der Waals surface area contributed by atoms with Crippen molar-refractivity contribution in [1.29, 1.82) is 0 Å². The van der Waals surface area contributed by atoms with Crippen LogP contribution in [-0.2, 0) is 6.54 Å². The molecule has 2 N–H and O–H groups in total. The van der Waals surface area contributed by atoms with Crippen molar-refractivity contribution in [1.82, 2.24) is 0 Å². The van der Waals surface area contributed by atoms with Gasteiger partial charge in [0.1, 0.15) is 11.5 Å². The summed E-state index contributed by atoms with van der Waals surface area (Å²) in [6.07, 6.45) is 0. The van der Waals surface area contributed by atoms with Crippen LogP contribution in [0.3, 0.4) is 0 Å². The number of nitrogens with two attached hydrogens (primary N) is 1. The minimum Gasteiger partial charge on any atom is -0.456 e. The summed E-state index contributed by atoms with van der Waals surface area (Å²) in [6, 6.07) is 9.37. The second-order valence-electron chi connectivity index (χ2n) is 3.93. The molecule has 104 valence electrons. The normalized spacial score (nSPS) is 10.3. The Bertz CT molecular complexity index is 664. The molecule has 7 heteroatoms. The molecule has 20 heavy (non-hydrogen) atoms.